The average Bonchev–Trinajstić information content (AvgIpc) is 2.61. The van der Waals surface area contributed by atoms with E-state index in [1.807, 2.05) is 0 Å². The van der Waals surface area contributed by atoms with Gasteiger partial charge in [-0.25, -0.2) is 0 Å². The van der Waals surface area contributed by atoms with E-state index in [2.05, 4.69) is 12.2 Å². The Balaban J connectivity index is 2.40. The zero-order valence-corrected chi connectivity index (χ0v) is 9.25. The molecule has 0 aromatic carbocycles. The van der Waals surface area contributed by atoms with E-state index in [1.54, 1.807) is 13.0 Å². The molecule has 0 fully saturated rings. The fourth-order valence-electron chi connectivity index (χ4n) is 1.41. The molecule has 1 heterocycles. The quantitative estimate of drug-likeness (QED) is 0.772. The number of carbonyl (C=O) groups excluding carboxylic acids is 1. The van der Waals surface area contributed by atoms with Crippen molar-refractivity contribution < 1.29 is 9.21 Å². The Morgan fingerprint density at radius 1 is 1.67 bits per heavy atom. The van der Waals surface area contributed by atoms with Crippen LogP contribution in [0.1, 0.15) is 35.9 Å². The van der Waals surface area contributed by atoms with Crippen molar-refractivity contribution in [2.45, 2.75) is 32.7 Å². The Morgan fingerprint density at radius 2 is 2.40 bits per heavy atom. The molecule has 3 N–H and O–H groups in total. The van der Waals surface area contributed by atoms with Crippen molar-refractivity contribution in [2.24, 2.45) is 5.73 Å². The van der Waals surface area contributed by atoms with Crippen LogP contribution in [-0.2, 0) is 0 Å². The Hall–Kier alpha value is -1.29. The maximum Gasteiger partial charge on any atom is 0.254 e. The van der Waals surface area contributed by atoms with Gasteiger partial charge >= 0.3 is 0 Å². The van der Waals surface area contributed by atoms with Crippen LogP contribution in [0.25, 0.3) is 0 Å². The van der Waals surface area contributed by atoms with Crippen LogP contribution in [0, 0.1) is 6.92 Å². The molecule has 4 heteroatoms. The molecule has 0 saturated carbocycles. The largest absolute Gasteiger partial charge is 0.469 e. The fourth-order valence-corrected chi connectivity index (χ4v) is 1.41. The van der Waals surface area contributed by atoms with E-state index in [9.17, 15) is 4.79 Å². The molecule has 0 radical (unpaired) electrons. The van der Waals surface area contributed by atoms with Crippen molar-refractivity contribution in [1.29, 1.82) is 0 Å². The van der Waals surface area contributed by atoms with Gasteiger partial charge in [-0.3, -0.25) is 4.79 Å². The van der Waals surface area contributed by atoms with Crippen LogP contribution in [0.4, 0.5) is 0 Å². The third kappa shape index (κ3) is 3.40. The van der Waals surface area contributed by atoms with Crippen LogP contribution >= 0.6 is 0 Å². The van der Waals surface area contributed by atoms with Gasteiger partial charge in [0.05, 0.1) is 11.8 Å². The van der Waals surface area contributed by atoms with Crippen molar-refractivity contribution >= 4 is 5.91 Å². The van der Waals surface area contributed by atoms with Gasteiger partial charge in [0, 0.05) is 12.6 Å². The van der Waals surface area contributed by atoms with Gasteiger partial charge in [-0.05, 0) is 19.4 Å². The molecule has 0 saturated heterocycles. The van der Waals surface area contributed by atoms with Gasteiger partial charge in [0.15, 0.2) is 0 Å². The lowest BCUT2D eigenvalue weighted by Crippen LogP contribution is -2.37. The maximum absolute atomic E-state index is 11.6. The number of aryl methyl sites for hydroxylation is 1. The second-order valence-electron chi connectivity index (χ2n) is 3.65. The molecule has 1 atom stereocenters. The third-order valence-electron chi connectivity index (χ3n) is 2.29. The molecule has 0 aliphatic rings. The van der Waals surface area contributed by atoms with E-state index in [4.69, 9.17) is 10.2 Å². The Labute approximate surface area is 89.8 Å². The first kappa shape index (κ1) is 11.8. The van der Waals surface area contributed by atoms with Crippen LogP contribution in [0.2, 0.25) is 0 Å². The summed E-state index contributed by atoms with van der Waals surface area (Å²) >= 11 is 0. The van der Waals surface area contributed by atoms with Crippen molar-refractivity contribution in [3.05, 3.63) is 23.7 Å². The monoisotopic (exact) mass is 210 g/mol. The second-order valence-corrected chi connectivity index (χ2v) is 3.65. The molecule has 4 nitrogen and oxygen atoms in total. The summed E-state index contributed by atoms with van der Waals surface area (Å²) in [5.41, 5.74) is 6.37. The minimum Gasteiger partial charge on any atom is -0.469 e. The fraction of sp³-hybridized carbons (Fsp3) is 0.545. The van der Waals surface area contributed by atoms with Gasteiger partial charge in [-0.1, -0.05) is 13.3 Å². The van der Waals surface area contributed by atoms with Crippen molar-refractivity contribution in [3.63, 3.8) is 0 Å². The number of nitrogens with two attached hydrogens (primary N) is 1. The molecule has 0 bridgehead atoms. The van der Waals surface area contributed by atoms with Gasteiger partial charge in [0.25, 0.3) is 5.91 Å². The number of rotatable bonds is 5. The smallest absolute Gasteiger partial charge is 0.254 e. The summed E-state index contributed by atoms with van der Waals surface area (Å²) in [6.45, 7) is 4.35. The summed E-state index contributed by atoms with van der Waals surface area (Å²) in [4.78, 5) is 11.6. The zero-order chi connectivity index (χ0) is 11.3. The molecule has 84 valence electrons. The minimum absolute atomic E-state index is 0.0335. The summed E-state index contributed by atoms with van der Waals surface area (Å²) in [6, 6.07) is 1.70. The van der Waals surface area contributed by atoms with E-state index in [1.165, 1.54) is 6.26 Å². The third-order valence-corrected chi connectivity index (χ3v) is 2.29. The lowest BCUT2D eigenvalue weighted by molar-refractivity contribution is 0.0949. The predicted octanol–water partition coefficient (Wildman–Crippen LogP) is 1.45. The Kier molecular flexibility index (Phi) is 4.37. The molecule has 0 spiro atoms. The van der Waals surface area contributed by atoms with Crippen molar-refractivity contribution in [2.75, 3.05) is 6.54 Å². The molecule has 1 amide bonds. The molecule has 0 aliphatic carbocycles. The number of hydrogen-bond donors (Lipinski definition) is 2. The van der Waals surface area contributed by atoms with Gasteiger partial charge in [0.2, 0.25) is 0 Å². The SMILES string of the molecule is CCCC(N)CNC(=O)c1ccoc1C. The summed E-state index contributed by atoms with van der Waals surface area (Å²) < 4.78 is 5.05. The van der Waals surface area contributed by atoms with Gasteiger partial charge in [0.1, 0.15) is 5.76 Å². The number of nitrogens with one attached hydrogen (secondary N) is 1. The lowest BCUT2D eigenvalue weighted by atomic mass is 10.2. The van der Waals surface area contributed by atoms with Crippen LogP contribution in [-0.4, -0.2) is 18.5 Å². The Bertz CT molecular complexity index is 320. The van der Waals surface area contributed by atoms with Gasteiger partial charge in [-0.2, -0.15) is 0 Å². The summed E-state index contributed by atoms with van der Waals surface area (Å²) in [6.07, 6.45) is 3.46. The molecule has 0 aliphatic heterocycles. The van der Waals surface area contributed by atoms with Crippen LogP contribution in [0.3, 0.4) is 0 Å². The molecule has 1 unspecified atom stereocenters. The first-order valence-corrected chi connectivity index (χ1v) is 5.23. The maximum atomic E-state index is 11.6. The standard InChI is InChI=1S/C11H18N2O2/c1-3-4-9(12)7-13-11(14)10-5-6-15-8(10)2/h5-6,9H,3-4,7,12H2,1-2H3,(H,13,14). The van der Waals surface area contributed by atoms with Crippen LogP contribution in [0.5, 0.6) is 0 Å². The van der Waals surface area contributed by atoms with Crippen LogP contribution < -0.4 is 11.1 Å². The number of furan rings is 1. The molecular formula is C11H18N2O2. The molecule has 15 heavy (non-hydrogen) atoms. The molecule has 1 aromatic heterocycles. The molecular weight excluding hydrogens is 192 g/mol. The average molecular weight is 210 g/mol. The number of amides is 1. The molecule has 1 aromatic rings. The first-order valence-electron chi connectivity index (χ1n) is 5.23. The number of hydrogen-bond acceptors (Lipinski definition) is 3. The lowest BCUT2D eigenvalue weighted by Gasteiger charge is -2.10. The van der Waals surface area contributed by atoms with Crippen molar-refractivity contribution in [3.8, 4) is 0 Å². The van der Waals surface area contributed by atoms with Crippen LogP contribution in [0.15, 0.2) is 16.7 Å². The second kappa shape index (κ2) is 5.56. The molecule has 1 rings (SSSR count). The first-order chi connectivity index (χ1) is 7.15. The summed E-state index contributed by atoms with van der Waals surface area (Å²) in [5.74, 6) is 0.518. The highest BCUT2D eigenvalue weighted by Crippen LogP contribution is 2.07. The highest BCUT2D eigenvalue weighted by Gasteiger charge is 2.11. The summed E-state index contributed by atoms with van der Waals surface area (Å²) in [7, 11) is 0. The summed E-state index contributed by atoms with van der Waals surface area (Å²) in [5, 5.41) is 2.79. The Morgan fingerprint density at radius 3 is 2.93 bits per heavy atom. The topological polar surface area (TPSA) is 68.3 Å². The van der Waals surface area contributed by atoms with E-state index >= 15 is 0 Å². The van der Waals surface area contributed by atoms with E-state index in [-0.39, 0.29) is 11.9 Å². The predicted molar refractivity (Wildman–Crippen MR) is 58.7 cm³/mol. The number of carbonyl (C=O) groups is 1. The van der Waals surface area contributed by atoms with Gasteiger partial charge < -0.3 is 15.5 Å². The highest BCUT2D eigenvalue weighted by molar-refractivity contribution is 5.95. The normalized spacial score (nSPS) is 12.5. The highest BCUT2D eigenvalue weighted by atomic mass is 16.3. The van der Waals surface area contributed by atoms with Gasteiger partial charge in [-0.15, -0.1) is 0 Å². The van der Waals surface area contributed by atoms with E-state index < -0.39 is 0 Å². The zero-order valence-electron chi connectivity index (χ0n) is 9.25. The minimum atomic E-state index is -0.118. The van der Waals surface area contributed by atoms with E-state index in [0.717, 1.165) is 12.8 Å². The van der Waals surface area contributed by atoms with Crippen molar-refractivity contribution in [1.82, 2.24) is 5.32 Å². The van der Waals surface area contributed by atoms with E-state index in [0.29, 0.717) is 17.9 Å².